The van der Waals surface area contributed by atoms with E-state index in [4.69, 9.17) is 0 Å². The fourth-order valence-corrected chi connectivity index (χ4v) is 5.00. The van der Waals surface area contributed by atoms with Crippen LogP contribution in [0, 0.1) is 0 Å². The highest BCUT2D eigenvalue weighted by Crippen LogP contribution is 2.37. The van der Waals surface area contributed by atoms with Crippen LogP contribution in [-0.2, 0) is 19.4 Å². The summed E-state index contributed by atoms with van der Waals surface area (Å²) in [4.78, 5) is 5.47. The average Bonchev–Trinajstić information content (AvgIpc) is 3.23. The summed E-state index contributed by atoms with van der Waals surface area (Å²) in [5.41, 5.74) is 1.52. The molecule has 1 fully saturated rings. The van der Waals surface area contributed by atoms with Crippen LogP contribution < -0.4 is 0 Å². The molecule has 132 valence electrons. The van der Waals surface area contributed by atoms with Crippen molar-refractivity contribution in [3.63, 3.8) is 0 Å². The van der Waals surface area contributed by atoms with Crippen molar-refractivity contribution in [1.29, 1.82) is 0 Å². The Labute approximate surface area is 149 Å². The van der Waals surface area contributed by atoms with Gasteiger partial charge in [-0.3, -0.25) is 9.58 Å². The molecule has 2 unspecified atom stereocenters. The predicted octanol–water partition coefficient (Wildman–Crippen LogP) is 3.31. The molecule has 0 amide bonds. The number of piperidine rings is 1. The minimum Gasteiger partial charge on any atom is -0.396 e. The molecule has 0 radical (unpaired) electrons. The molecule has 2 aromatic rings. The van der Waals surface area contributed by atoms with Gasteiger partial charge in [-0.2, -0.15) is 5.10 Å². The number of hydrogen-bond acceptors (Lipinski definition) is 4. The molecule has 3 heterocycles. The molecule has 0 aromatic carbocycles. The molecule has 3 rings (SSSR count). The largest absolute Gasteiger partial charge is 0.396 e. The molecule has 0 bridgehead atoms. The second kappa shape index (κ2) is 8.28. The van der Waals surface area contributed by atoms with Gasteiger partial charge in [0, 0.05) is 47.8 Å². The zero-order valence-electron chi connectivity index (χ0n) is 14.8. The smallest absolute Gasteiger partial charge is 0.0536 e. The van der Waals surface area contributed by atoms with Crippen molar-refractivity contribution >= 4 is 11.3 Å². The Balaban J connectivity index is 1.61. The van der Waals surface area contributed by atoms with Gasteiger partial charge >= 0.3 is 0 Å². The monoisotopic (exact) mass is 347 g/mol. The third-order valence-electron chi connectivity index (χ3n) is 5.21. The van der Waals surface area contributed by atoms with Crippen molar-refractivity contribution in [3.8, 4) is 0 Å². The van der Waals surface area contributed by atoms with Crippen LogP contribution in [0.1, 0.15) is 47.9 Å². The highest BCUT2D eigenvalue weighted by atomic mass is 32.1. The zero-order chi connectivity index (χ0) is 16.9. The molecule has 24 heavy (non-hydrogen) atoms. The lowest BCUT2D eigenvalue weighted by atomic mass is 9.85. The van der Waals surface area contributed by atoms with Crippen LogP contribution in [0.25, 0.3) is 0 Å². The number of rotatable bonds is 7. The van der Waals surface area contributed by atoms with Crippen LogP contribution in [0.3, 0.4) is 0 Å². The summed E-state index contributed by atoms with van der Waals surface area (Å²) in [5.74, 6) is 0.652. The van der Waals surface area contributed by atoms with E-state index < -0.39 is 0 Å². The van der Waals surface area contributed by atoms with Crippen molar-refractivity contribution in [3.05, 3.63) is 39.8 Å². The first-order chi connectivity index (χ1) is 11.7. The molecular formula is C19H29N3OS. The Hall–Kier alpha value is -1.17. The SMILES string of the molecule is CCc1cc(C2CCN(CCn3cccn3)C(C)C2)c(CCO)s1. The van der Waals surface area contributed by atoms with E-state index in [1.54, 1.807) is 0 Å². The lowest BCUT2D eigenvalue weighted by Crippen LogP contribution is -2.41. The van der Waals surface area contributed by atoms with Crippen LogP contribution >= 0.6 is 11.3 Å². The van der Waals surface area contributed by atoms with Crippen molar-refractivity contribution in [1.82, 2.24) is 14.7 Å². The molecule has 4 nitrogen and oxygen atoms in total. The van der Waals surface area contributed by atoms with Crippen LogP contribution in [0.2, 0.25) is 0 Å². The molecule has 2 aromatic heterocycles. The Bertz CT molecular complexity index is 623. The van der Waals surface area contributed by atoms with Crippen LogP contribution in [0.5, 0.6) is 0 Å². The Morgan fingerprint density at radius 1 is 1.38 bits per heavy atom. The van der Waals surface area contributed by atoms with Crippen LogP contribution in [0.4, 0.5) is 0 Å². The second-order valence-electron chi connectivity index (χ2n) is 6.79. The molecule has 0 saturated carbocycles. The van der Waals surface area contributed by atoms with Gasteiger partial charge in [-0.15, -0.1) is 11.3 Å². The zero-order valence-corrected chi connectivity index (χ0v) is 15.6. The highest BCUT2D eigenvalue weighted by molar-refractivity contribution is 7.12. The number of likely N-dealkylation sites (tertiary alicyclic amines) is 1. The van der Waals surface area contributed by atoms with Crippen LogP contribution in [-0.4, -0.2) is 45.5 Å². The number of thiophene rings is 1. The van der Waals surface area contributed by atoms with E-state index in [1.807, 2.05) is 34.5 Å². The van der Waals surface area contributed by atoms with Gasteiger partial charge in [-0.25, -0.2) is 0 Å². The second-order valence-corrected chi connectivity index (χ2v) is 8.02. The quantitative estimate of drug-likeness (QED) is 0.835. The summed E-state index contributed by atoms with van der Waals surface area (Å²) >= 11 is 1.90. The molecular weight excluding hydrogens is 318 g/mol. The van der Waals surface area contributed by atoms with E-state index >= 15 is 0 Å². The molecule has 5 heteroatoms. The van der Waals surface area contributed by atoms with E-state index in [0.29, 0.717) is 12.0 Å². The van der Waals surface area contributed by atoms with Crippen molar-refractivity contribution < 1.29 is 5.11 Å². The van der Waals surface area contributed by atoms with E-state index in [0.717, 1.165) is 32.5 Å². The third kappa shape index (κ3) is 4.08. The summed E-state index contributed by atoms with van der Waals surface area (Å²) in [6.45, 7) is 8.03. The number of aliphatic hydroxyl groups is 1. The maximum Gasteiger partial charge on any atom is 0.0536 e. The van der Waals surface area contributed by atoms with Gasteiger partial charge < -0.3 is 5.11 Å². The Morgan fingerprint density at radius 3 is 2.92 bits per heavy atom. The number of aromatic nitrogens is 2. The summed E-state index contributed by atoms with van der Waals surface area (Å²) < 4.78 is 2.02. The topological polar surface area (TPSA) is 41.3 Å². The van der Waals surface area contributed by atoms with Gasteiger partial charge in [0.1, 0.15) is 0 Å². The third-order valence-corrected chi connectivity index (χ3v) is 6.56. The van der Waals surface area contributed by atoms with Gasteiger partial charge in [-0.05, 0) is 56.3 Å². The summed E-state index contributed by atoms with van der Waals surface area (Å²) in [7, 11) is 0. The molecule has 1 aliphatic rings. The van der Waals surface area contributed by atoms with Gasteiger partial charge in [-0.1, -0.05) is 6.92 Å². The fourth-order valence-electron chi connectivity index (χ4n) is 3.82. The molecule has 2 atom stereocenters. The fraction of sp³-hybridized carbons (Fsp3) is 0.632. The first-order valence-electron chi connectivity index (χ1n) is 9.15. The minimum absolute atomic E-state index is 0.259. The minimum atomic E-state index is 0.259. The summed E-state index contributed by atoms with van der Waals surface area (Å²) in [6, 6.07) is 5.00. The van der Waals surface area contributed by atoms with Crippen molar-refractivity contribution in [2.45, 2.75) is 58.0 Å². The first-order valence-corrected chi connectivity index (χ1v) is 9.96. The molecule has 1 aliphatic heterocycles. The number of nitrogens with zero attached hydrogens (tertiary/aromatic N) is 3. The molecule has 1 N–H and O–H groups in total. The number of aryl methyl sites for hydroxylation is 1. The van der Waals surface area contributed by atoms with E-state index in [2.05, 4.69) is 29.9 Å². The molecule has 0 aliphatic carbocycles. The summed E-state index contributed by atoms with van der Waals surface area (Å²) in [5, 5.41) is 13.7. The average molecular weight is 348 g/mol. The maximum absolute atomic E-state index is 9.37. The maximum atomic E-state index is 9.37. The number of hydrogen-bond donors (Lipinski definition) is 1. The van der Waals surface area contributed by atoms with E-state index in [-0.39, 0.29) is 6.61 Å². The van der Waals surface area contributed by atoms with Crippen LogP contribution in [0.15, 0.2) is 24.5 Å². The Kier molecular flexibility index (Phi) is 6.09. The summed E-state index contributed by atoms with van der Waals surface area (Å²) in [6.07, 6.45) is 8.24. The first kappa shape index (κ1) is 17.6. The van der Waals surface area contributed by atoms with Gasteiger partial charge in [0.15, 0.2) is 0 Å². The highest BCUT2D eigenvalue weighted by Gasteiger charge is 2.28. The van der Waals surface area contributed by atoms with Gasteiger partial charge in [0.2, 0.25) is 0 Å². The lowest BCUT2D eigenvalue weighted by Gasteiger charge is -2.38. The molecule has 0 spiro atoms. The van der Waals surface area contributed by atoms with E-state index in [9.17, 15) is 5.11 Å². The Morgan fingerprint density at radius 2 is 2.25 bits per heavy atom. The van der Waals surface area contributed by atoms with Gasteiger partial charge in [0.05, 0.1) is 6.54 Å². The normalized spacial score (nSPS) is 22.1. The van der Waals surface area contributed by atoms with Gasteiger partial charge in [0.25, 0.3) is 0 Å². The molecule has 1 saturated heterocycles. The van der Waals surface area contributed by atoms with Crippen molar-refractivity contribution in [2.24, 2.45) is 0 Å². The lowest BCUT2D eigenvalue weighted by molar-refractivity contribution is 0.139. The van der Waals surface area contributed by atoms with E-state index in [1.165, 1.54) is 28.2 Å². The predicted molar refractivity (Wildman–Crippen MR) is 99.7 cm³/mol. The van der Waals surface area contributed by atoms with Crippen molar-refractivity contribution in [2.75, 3.05) is 19.7 Å². The standard InChI is InChI=1S/C19H29N3OS/c1-3-17-14-18(19(24-17)6-12-23)16-5-9-21(15(2)13-16)10-11-22-8-4-7-20-22/h4,7-8,14-16,23H,3,5-6,9-13H2,1-2H3. The number of aliphatic hydroxyl groups excluding tert-OH is 1.